The normalized spacial score (nSPS) is 13.0. The second-order valence-corrected chi connectivity index (χ2v) is 20.9. The maximum atomic E-state index is 12.8. The zero-order valence-electron chi connectivity index (χ0n) is 44.1. The molecule has 0 saturated carbocycles. The van der Waals surface area contributed by atoms with Gasteiger partial charge < -0.3 is 14.2 Å². The fourth-order valence-corrected chi connectivity index (χ4v) is 8.76. The van der Waals surface area contributed by atoms with E-state index in [-0.39, 0.29) is 31.1 Å². The van der Waals surface area contributed by atoms with E-state index in [4.69, 9.17) is 14.2 Å². The fourth-order valence-electron chi connectivity index (χ4n) is 8.76. The first kappa shape index (κ1) is 62.4. The number of esters is 3. The lowest BCUT2D eigenvalue weighted by atomic mass is 9.99. The van der Waals surface area contributed by atoms with Crippen molar-refractivity contribution >= 4 is 17.9 Å². The van der Waals surface area contributed by atoms with Gasteiger partial charge in [-0.25, -0.2) is 0 Å². The monoisotopic (exact) mass is 905 g/mol. The summed E-state index contributed by atoms with van der Waals surface area (Å²) >= 11 is 0. The number of ether oxygens (including phenoxy) is 3. The number of carbonyl (C=O) groups is 3. The average Bonchev–Trinajstić information content (AvgIpc) is 3.28. The minimum absolute atomic E-state index is 0.0638. The molecule has 0 aromatic heterocycles. The van der Waals surface area contributed by atoms with Gasteiger partial charge in [0.05, 0.1) is 0 Å². The molecule has 0 fully saturated rings. The van der Waals surface area contributed by atoms with E-state index in [0.717, 1.165) is 75.5 Å². The zero-order valence-corrected chi connectivity index (χ0v) is 44.1. The average molecular weight is 906 g/mol. The lowest BCUT2D eigenvalue weighted by molar-refractivity contribution is -0.167. The quantitative estimate of drug-likeness (QED) is 0.0344. The Kier molecular flexibility index (Phi) is 48.1. The van der Waals surface area contributed by atoms with Crippen LogP contribution in [0.5, 0.6) is 0 Å². The van der Waals surface area contributed by atoms with Crippen molar-refractivity contribution in [2.75, 3.05) is 13.2 Å². The molecule has 0 aliphatic carbocycles. The van der Waals surface area contributed by atoms with Crippen LogP contribution in [0.25, 0.3) is 0 Å². The van der Waals surface area contributed by atoms with Crippen LogP contribution >= 0.6 is 0 Å². The number of unbranched alkanes of at least 4 members (excludes halogenated alkanes) is 32. The Bertz CT molecular complexity index is 995. The van der Waals surface area contributed by atoms with Gasteiger partial charge in [-0.05, 0) is 37.0 Å². The molecule has 2 unspecified atom stereocenters. The van der Waals surface area contributed by atoms with Gasteiger partial charge in [0.25, 0.3) is 0 Å². The molecule has 0 N–H and O–H groups in total. The highest BCUT2D eigenvalue weighted by molar-refractivity contribution is 5.71. The molecular weight excluding hydrogens is 793 g/mol. The first-order chi connectivity index (χ1) is 31.2. The molecule has 0 saturated heterocycles. The van der Waals surface area contributed by atoms with Crippen molar-refractivity contribution in [1.82, 2.24) is 0 Å². The predicted molar refractivity (Wildman–Crippen MR) is 275 cm³/mol. The van der Waals surface area contributed by atoms with Crippen LogP contribution in [0.2, 0.25) is 0 Å². The highest BCUT2D eigenvalue weighted by Crippen LogP contribution is 2.19. The Morgan fingerprint density at radius 3 is 0.812 bits per heavy atom. The van der Waals surface area contributed by atoms with E-state index < -0.39 is 6.10 Å². The molecule has 0 radical (unpaired) electrons. The summed E-state index contributed by atoms with van der Waals surface area (Å²) in [6, 6.07) is 0. The summed E-state index contributed by atoms with van der Waals surface area (Å²) in [7, 11) is 0. The van der Waals surface area contributed by atoms with Gasteiger partial charge in [0, 0.05) is 19.3 Å². The van der Waals surface area contributed by atoms with Crippen molar-refractivity contribution in [2.24, 2.45) is 17.8 Å². The van der Waals surface area contributed by atoms with Crippen LogP contribution < -0.4 is 0 Å². The van der Waals surface area contributed by atoms with E-state index in [0.29, 0.717) is 19.3 Å². The third-order valence-corrected chi connectivity index (χ3v) is 13.9. The van der Waals surface area contributed by atoms with Crippen LogP contribution in [0.4, 0.5) is 0 Å². The summed E-state index contributed by atoms with van der Waals surface area (Å²) in [5.41, 5.74) is 0. The number of hydrogen-bond donors (Lipinski definition) is 0. The van der Waals surface area contributed by atoms with Gasteiger partial charge in [0.2, 0.25) is 0 Å². The SMILES string of the molecule is CCC(C)CCCCCCCCCCCCC(=O)OC[C@@H](COC(=O)CCCCCCCCCCCCCCCCCC(C)C)OC(=O)CCCCCCCCCCCCC(C)CC. The number of carbonyl (C=O) groups excluding carboxylic acids is 3. The van der Waals surface area contributed by atoms with E-state index in [9.17, 15) is 14.4 Å². The van der Waals surface area contributed by atoms with E-state index in [1.165, 1.54) is 199 Å². The molecule has 0 aliphatic heterocycles. The van der Waals surface area contributed by atoms with Crippen LogP contribution in [0, 0.1) is 17.8 Å². The molecule has 0 amide bonds. The molecule has 6 nitrogen and oxygen atoms in total. The molecule has 6 heteroatoms. The summed E-state index contributed by atoms with van der Waals surface area (Å²) in [6.07, 6.45) is 50.8. The Morgan fingerprint density at radius 1 is 0.312 bits per heavy atom. The number of hydrogen-bond acceptors (Lipinski definition) is 6. The molecule has 0 aromatic carbocycles. The van der Waals surface area contributed by atoms with Crippen LogP contribution in [-0.4, -0.2) is 37.2 Å². The van der Waals surface area contributed by atoms with Gasteiger partial charge in [-0.3, -0.25) is 14.4 Å². The predicted octanol–water partition coefficient (Wildman–Crippen LogP) is 18.7. The van der Waals surface area contributed by atoms with Gasteiger partial charge in [-0.1, -0.05) is 279 Å². The second-order valence-electron chi connectivity index (χ2n) is 20.9. The first-order valence-electron chi connectivity index (χ1n) is 28.7. The van der Waals surface area contributed by atoms with Crippen LogP contribution in [0.1, 0.15) is 318 Å². The third-order valence-electron chi connectivity index (χ3n) is 13.9. The molecule has 0 aliphatic rings. The molecule has 0 rings (SSSR count). The van der Waals surface area contributed by atoms with Crippen molar-refractivity contribution in [3.63, 3.8) is 0 Å². The zero-order chi connectivity index (χ0) is 47.0. The maximum Gasteiger partial charge on any atom is 0.306 e. The standard InChI is InChI=1S/C58H112O6/c1-7-53(5)45-39-33-27-21-16-18-24-30-36-42-48-57(60)63-51-55(64-58(61)49-43-37-31-25-19-17-22-28-34-40-46-54(6)8-2)50-62-56(59)47-41-35-29-23-15-13-11-9-10-12-14-20-26-32-38-44-52(3)4/h52-55H,7-51H2,1-6H3/t53?,54?,55-/m1/s1. The smallest absolute Gasteiger partial charge is 0.306 e. The Morgan fingerprint density at radius 2 is 0.547 bits per heavy atom. The number of rotatable bonds is 51. The lowest BCUT2D eigenvalue weighted by Crippen LogP contribution is -2.30. The van der Waals surface area contributed by atoms with Gasteiger partial charge in [0.1, 0.15) is 13.2 Å². The van der Waals surface area contributed by atoms with Gasteiger partial charge in [0.15, 0.2) is 6.10 Å². The molecular formula is C58H112O6. The van der Waals surface area contributed by atoms with Gasteiger partial charge in [-0.2, -0.15) is 0 Å². The van der Waals surface area contributed by atoms with Crippen molar-refractivity contribution in [1.29, 1.82) is 0 Å². The van der Waals surface area contributed by atoms with E-state index >= 15 is 0 Å². The van der Waals surface area contributed by atoms with Crippen LogP contribution in [0.3, 0.4) is 0 Å². The lowest BCUT2D eigenvalue weighted by Gasteiger charge is -2.18. The minimum atomic E-state index is -0.764. The molecule has 0 heterocycles. The summed E-state index contributed by atoms with van der Waals surface area (Å²) in [4.78, 5) is 38.1. The molecule has 0 aromatic rings. The van der Waals surface area contributed by atoms with Crippen LogP contribution in [0.15, 0.2) is 0 Å². The van der Waals surface area contributed by atoms with Gasteiger partial charge >= 0.3 is 17.9 Å². The van der Waals surface area contributed by atoms with E-state index in [1.54, 1.807) is 0 Å². The summed E-state index contributed by atoms with van der Waals surface area (Å²) in [5, 5.41) is 0. The molecule has 0 spiro atoms. The van der Waals surface area contributed by atoms with Crippen molar-refractivity contribution < 1.29 is 28.6 Å². The highest BCUT2D eigenvalue weighted by Gasteiger charge is 2.19. The van der Waals surface area contributed by atoms with Gasteiger partial charge in [-0.15, -0.1) is 0 Å². The third kappa shape index (κ3) is 48.3. The maximum absolute atomic E-state index is 12.8. The van der Waals surface area contributed by atoms with Crippen molar-refractivity contribution in [2.45, 2.75) is 324 Å². The minimum Gasteiger partial charge on any atom is -0.462 e. The Balaban J connectivity index is 4.31. The summed E-state index contributed by atoms with van der Waals surface area (Å²) in [6.45, 7) is 13.8. The molecule has 380 valence electrons. The topological polar surface area (TPSA) is 78.9 Å². The van der Waals surface area contributed by atoms with Crippen LogP contribution in [-0.2, 0) is 28.6 Å². The second kappa shape index (κ2) is 49.3. The largest absolute Gasteiger partial charge is 0.462 e. The fraction of sp³-hybridized carbons (Fsp3) is 0.948. The Hall–Kier alpha value is -1.59. The highest BCUT2D eigenvalue weighted by atomic mass is 16.6. The van der Waals surface area contributed by atoms with E-state index in [2.05, 4.69) is 41.5 Å². The van der Waals surface area contributed by atoms with Crippen molar-refractivity contribution in [3.05, 3.63) is 0 Å². The van der Waals surface area contributed by atoms with Crippen molar-refractivity contribution in [3.8, 4) is 0 Å². The molecule has 3 atom stereocenters. The Labute approximate surface area is 399 Å². The summed E-state index contributed by atoms with van der Waals surface area (Å²) in [5.74, 6) is 1.74. The summed E-state index contributed by atoms with van der Waals surface area (Å²) < 4.78 is 16.9. The first-order valence-corrected chi connectivity index (χ1v) is 28.7. The molecule has 64 heavy (non-hydrogen) atoms. The molecule has 0 bridgehead atoms. The van der Waals surface area contributed by atoms with E-state index in [1.807, 2.05) is 0 Å².